The van der Waals surface area contributed by atoms with E-state index in [-0.39, 0.29) is 5.91 Å². The van der Waals surface area contributed by atoms with Crippen molar-refractivity contribution in [2.45, 2.75) is 13.8 Å². The zero-order chi connectivity index (χ0) is 20.2. The number of nitrogens with zero attached hydrogens (tertiary/aromatic N) is 3. The van der Waals surface area contributed by atoms with Crippen LogP contribution in [0, 0.1) is 13.8 Å². The van der Waals surface area contributed by atoms with E-state index in [0.29, 0.717) is 5.56 Å². The maximum atomic E-state index is 12.9. The Labute approximate surface area is 169 Å². The second-order valence-corrected chi connectivity index (χ2v) is 6.86. The van der Waals surface area contributed by atoms with Gasteiger partial charge >= 0.3 is 0 Å². The molecule has 0 radical (unpaired) electrons. The molecule has 2 aromatic carbocycles. The Morgan fingerprint density at radius 2 is 1.86 bits per heavy atom. The number of hydrogen-bond donors (Lipinski definition) is 1. The van der Waals surface area contributed by atoms with E-state index in [4.69, 9.17) is 4.98 Å². The number of nitrogens with one attached hydrogen (secondary N) is 1. The Kier molecular flexibility index (Phi) is 5.12. The van der Waals surface area contributed by atoms with Crippen LogP contribution < -0.4 is 5.43 Å². The standard InChI is InChI=1S/C24H20N4O/c1-16-9-10-19(12-17(16)2)23-13-21(20-7-3-4-8-22(20)27-23)24(29)28-26-15-18-6-5-11-25-14-18/h3-15H,1-2H3,(H,28,29)/b26-15-. The van der Waals surface area contributed by atoms with Crippen LogP contribution in [0.5, 0.6) is 0 Å². The average Bonchev–Trinajstić information content (AvgIpc) is 2.75. The van der Waals surface area contributed by atoms with Gasteiger partial charge in [-0.3, -0.25) is 9.78 Å². The molecule has 0 atom stereocenters. The molecule has 5 nitrogen and oxygen atoms in total. The Balaban J connectivity index is 1.71. The minimum absolute atomic E-state index is 0.283. The molecule has 0 bridgehead atoms. The predicted molar refractivity (Wildman–Crippen MR) is 116 cm³/mol. The fourth-order valence-electron chi connectivity index (χ4n) is 3.09. The van der Waals surface area contributed by atoms with Gasteiger partial charge in [0, 0.05) is 28.9 Å². The molecule has 0 aliphatic carbocycles. The molecule has 0 aliphatic heterocycles. The number of aryl methyl sites for hydroxylation is 2. The first-order chi connectivity index (χ1) is 14.1. The topological polar surface area (TPSA) is 67.2 Å². The molecular weight excluding hydrogens is 360 g/mol. The number of benzene rings is 2. The quantitative estimate of drug-likeness (QED) is 0.413. The van der Waals surface area contributed by atoms with Gasteiger partial charge in [-0.1, -0.05) is 36.4 Å². The lowest BCUT2D eigenvalue weighted by molar-refractivity contribution is 0.0956. The monoisotopic (exact) mass is 380 g/mol. The number of fused-ring (bicyclic) bond motifs is 1. The van der Waals surface area contributed by atoms with Gasteiger partial charge < -0.3 is 0 Å². The van der Waals surface area contributed by atoms with E-state index in [0.717, 1.165) is 27.7 Å². The first kappa shape index (κ1) is 18.5. The summed E-state index contributed by atoms with van der Waals surface area (Å²) in [7, 11) is 0. The third kappa shape index (κ3) is 4.04. The summed E-state index contributed by atoms with van der Waals surface area (Å²) in [5.74, 6) is -0.283. The van der Waals surface area contributed by atoms with Crippen molar-refractivity contribution in [3.05, 3.63) is 95.3 Å². The van der Waals surface area contributed by atoms with Gasteiger partial charge in [0.25, 0.3) is 5.91 Å². The highest BCUT2D eigenvalue weighted by molar-refractivity contribution is 6.07. The third-order valence-corrected chi connectivity index (χ3v) is 4.83. The van der Waals surface area contributed by atoms with Gasteiger partial charge in [0.15, 0.2) is 0 Å². The fraction of sp³-hybridized carbons (Fsp3) is 0.0833. The maximum absolute atomic E-state index is 12.9. The summed E-state index contributed by atoms with van der Waals surface area (Å²) in [6.07, 6.45) is 4.93. The molecule has 142 valence electrons. The van der Waals surface area contributed by atoms with Crippen molar-refractivity contribution in [3.8, 4) is 11.3 Å². The third-order valence-electron chi connectivity index (χ3n) is 4.83. The molecule has 0 unspecified atom stereocenters. The second kappa shape index (κ2) is 8.02. The smallest absolute Gasteiger partial charge is 0.267 e. The predicted octanol–water partition coefficient (Wildman–Crippen LogP) is 4.68. The fourth-order valence-corrected chi connectivity index (χ4v) is 3.09. The summed E-state index contributed by atoms with van der Waals surface area (Å²) < 4.78 is 0. The summed E-state index contributed by atoms with van der Waals surface area (Å²) in [6, 6.07) is 19.3. The Bertz CT molecular complexity index is 1220. The minimum atomic E-state index is -0.283. The van der Waals surface area contributed by atoms with Crippen molar-refractivity contribution >= 4 is 23.0 Å². The number of amides is 1. The lowest BCUT2D eigenvalue weighted by Gasteiger charge is -2.10. The van der Waals surface area contributed by atoms with Crippen LogP contribution >= 0.6 is 0 Å². The largest absolute Gasteiger partial charge is 0.272 e. The number of carbonyl (C=O) groups excluding carboxylic acids is 1. The van der Waals surface area contributed by atoms with Crippen LogP contribution in [0.1, 0.15) is 27.0 Å². The average molecular weight is 380 g/mol. The zero-order valence-electron chi connectivity index (χ0n) is 16.3. The molecule has 0 spiro atoms. The number of pyridine rings is 2. The molecule has 1 N–H and O–H groups in total. The number of hydrazone groups is 1. The van der Waals surface area contributed by atoms with Crippen LogP contribution in [-0.2, 0) is 0 Å². The van der Waals surface area contributed by atoms with Gasteiger partial charge in [-0.15, -0.1) is 0 Å². The molecule has 0 saturated heterocycles. The molecule has 0 fully saturated rings. The maximum Gasteiger partial charge on any atom is 0.272 e. The van der Waals surface area contributed by atoms with Crippen LogP contribution in [0.2, 0.25) is 0 Å². The van der Waals surface area contributed by atoms with Gasteiger partial charge in [-0.05, 0) is 49.2 Å². The summed E-state index contributed by atoms with van der Waals surface area (Å²) >= 11 is 0. The number of aromatic nitrogens is 2. The van der Waals surface area contributed by atoms with Gasteiger partial charge in [-0.2, -0.15) is 5.10 Å². The van der Waals surface area contributed by atoms with E-state index >= 15 is 0 Å². The molecule has 2 aromatic heterocycles. The Hall–Kier alpha value is -3.86. The summed E-state index contributed by atoms with van der Waals surface area (Å²) in [6.45, 7) is 4.15. The Morgan fingerprint density at radius 3 is 2.66 bits per heavy atom. The highest BCUT2D eigenvalue weighted by Crippen LogP contribution is 2.26. The van der Waals surface area contributed by atoms with Crippen LogP contribution in [0.25, 0.3) is 22.2 Å². The summed E-state index contributed by atoms with van der Waals surface area (Å²) in [5, 5.41) is 4.85. The van der Waals surface area contributed by atoms with E-state index < -0.39 is 0 Å². The van der Waals surface area contributed by atoms with Crippen molar-refractivity contribution in [2.75, 3.05) is 0 Å². The minimum Gasteiger partial charge on any atom is -0.267 e. The lowest BCUT2D eigenvalue weighted by Crippen LogP contribution is -2.18. The first-order valence-electron chi connectivity index (χ1n) is 9.32. The molecule has 4 aromatic rings. The summed E-state index contributed by atoms with van der Waals surface area (Å²) in [4.78, 5) is 21.7. The number of carbonyl (C=O) groups is 1. The van der Waals surface area contributed by atoms with Gasteiger partial charge in [0.1, 0.15) is 0 Å². The number of para-hydroxylation sites is 1. The second-order valence-electron chi connectivity index (χ2n) is 6.86. The van der Waals surface area contributed by atoms with Gasteiger partial charge in [-0.25, -0.2) is 10.4 Å². The molecule has 0 aliphatic rings. The van der Waals surface area contributed by atoms with Crippen molar-refractivity contribution < 1.29 is 4.79 Å². The molecule has 4 rings (SSSR count). The van der Waals surface area contributed by atoms with E-state index in [1.807, 2.05) is 48.5 Å². The molecule has 0 saturated carbocycles. The van der Waals surface area contributed by atoms with Gasteiger partial charge in [0.2, 0.25) is 0 Å². The van der Waals surface area contributed by atoms with Crippen LogP contribution in [0.4, 0.5) is 0 Å². The lowest BCUT2D eigenvalue weighted by atomic mass is 10.0. The SMILES string of the molecule is Cc1ccc(-c2cc(C(=O)N/N=C\c3cccnc3)c3ccccc3n2)cc1C. The van der Waals surface area contributed by atoms with Crippen molar-refractivity contribution in [3.63, 3.8) is 0 Å². The van der Waals surface area contributed by atoms with Crippen LogP contribution in [0.3, 0.4) is 0 Å². The van der Waals surface area contributed by atoms with Crippen molar-refractivity contribution in [1.82, 2.24) is 15.4 Å². The van der Waals surface area contributed by atoms with E-state index in [1.165, 1.54) is 11.1 Å². The van der Waals surface area contributed by atoms with Crippen molar-refractivity contribution in [2.24, 2.45) is 5.10 Å². The van der Waals surface area contributed by atoms with E-state index in [9.17, 15) is 4.79 Å². The van der Waals surface area contributed by atoms with E-state index in [2.05, 4.69) is 41.5 Å². The zero-order valence-corrected chi connectivity index (χ0v) is 16.3. The Morgan fingerprint density at radius 1 is 1.00 bits per heavy atom. The summed E-state index contributed by atoms with van der Waals surface area (Å²) in [5.41, 5.74) is 8.87. The van der Waals surface area contributed by atoms with Crippen LogP contribution in [-0.4, -0.2) is 22.1 Å². The van der Waals surface area contributed by atoms with Crippen LogP contribution in [0.15, 0.2) is 78.2 Å². The van der Waals surface area contributed by atoms with Gasteiger partial charge in [0.05, 0.1) is 23.0 Å². The highest BCUT2D eigenvalue weighted by atomic mass is 16.2. The molecular formula is C24H20N4O. The van der Waals surface area contributed by atoms with E-state index in [1.54, 1.807) is 18.6 Å². The number of rotatable bonds is 4. The molecule has 1 amide bonds. The molecule has 5 heteroatoms. The van der Waals surface area contributed by atoms with Crippen molar-refractivity contribution in [1.29, 1.82) is 0 Å². The molecule has 2 heterocycles. The molecule has 29 heavy (non-hydrogen) atoms. The number of hydrogen-bond acceptors (Lipinski definition) is 4. The highest BCUT2D eigenvalue weighted by Gasteiger charge is 2.14. The normalized spacial score (nSPS) is 11.1. The first-order valence-corrected chi connectivity index (χ1v) is 9.32.